The lowest BCUT2D eigenvalue weighted by molar-refractivity contribution is -0.120. The van der Waals surface area contributed by atoms with Gasteiger partial charge < -0.3 is 21.5 Å². The molecule has 0 aliphatic carbocycles. The van der Waals surface area contributed by atoms with Crippen LogP contribution in [0.1, 0.15) is 32.1 Å². The molecule has 0 atom stereocenters. The van der Waals surface area contributed by atoms with Crippen LogP contribution in [-0.2, 0) is 9.59 Å². The van der Waals surface area contributed by atoms with Gasteiger partial charge in [0, 0.05) is 12.1 Å². The van der Waals surface area contributed by atoms with Crippen LogP contribution in [0.2, 0.25) is 0 Å². The Morgan fingerprint density at radius 1 is 1.05 bits per heavy atom. The van der Waals surface area contributed by atoms with Gasteiger partial charge in [-0.05, 0) is 43.7 Å². The molecule has 0 radical (unpaired) electrons. The van der Waals surface area contributed by atoms with Crippen LogP contribution < -0.4 is 21.5 Å². The summed E-state index contributed by atoms with van der Waals surface area (Å²) in [6.45, 7) is 0.547. The average molecular weight is 330 g/mol. The van der Waals surface area contributed by atoms with Crippen LogP contribution in [0.4, 0.5) is 5.69 Å². The van der Waals surface area contributed by atoms with Crippen LogP contribution in [-0.4, -0.2) is 25.0 Å². The highest BCUT2D eigenvalue weighted by atomic mass is 35.5. The molecule has 0 fully saturated rings. The topological polar surface area (TPSA) is 107 Å². The van der Waals surface area contributed by atoms with E-state index < -0.39 is 5.91 Å². The summed E-state index contributed by atoms with van der Waals surface area (Å²) in [5, 5.41) is 2.81. The highest BCUT2D eigenvalue weighted by molar-refractivity contribution is 5.90. The Bertz CT molecular complexity index is 452. The zero-order valence-electron chi connectivity index (χ0n) is 12.5. The van der Waals surface area contributed by atoms with Gasteiger partial charge in [0.05, 0.1) is 0 Å². The number of hydrogen-bond acceptors (Lipinski definition) is 4. The summed E-state index contributed by atoms with van der Waals surface area (Å²) < 4.78 is 5.13. The molecule has 0 spiro atoms. The second-order valence-corrected chi connectivity index (χ2v) is 4.78. The molecule has 0 aliphatic rings. The zero-order valence-corrected chi connectivity index (χ0v) is 13.4. The molecule has 2 amide bonds. The molecule has 0 aliphatic heterocycles. The first-order chi connectivity index (χ1) is 10.1. The van der Waals surface area contributed by atoms with E-state index in [4.69, 9.17) is 16.2 Å². The van der Waals surface area contributed by atoms with Gasteiger partial charge in [-0.2, -0.15) is 0 Å². The number of primary amides is 1. The molecule has 1 rings (SSSR count). The van der Waals surface area contributed by atoms with Crippen LogP contribution in [0, 0.1) is 0 Å². The highest BCUT2D eigenvalue weighted by Crippen LogP contribution is 2.16. The van der Waals surface area contributed by atoms with Crippen LogP contribution in [0.5, 0.6) is 5.75 Å². The third-order valence-corrected chi connectivity index (χ3v) is 2.88. The Balaban J connectivity index is 0.00000441. The lowest BCUT2D eigenvalue weighted by Crippen LogP contribution is -2.20. The van der Waals surface area contributed by atoms with E-state index in [9.17, 15) is 9.59 Å². The van der Waals surface area contributed by atoms with Gasteiger partial charge in [-0.3, -0.25) is 9.59 Å². The zero-order chi connectivity index (χ0) is 15.5. The molecule has 124 valence electrons. The number of hydrogen-bond donors (Lipinski definition) is 3. The summed E-state index contributed by atoms with van der Waals surface area (Å²) in [5.41, 5.74) is 11.1. The van der Waals surface area contributed by atoms with Gasteiger partial charge in [0.25, 0.3) is 5.91 Å². The highest BCUT2D eigenvalue weighted by Gasteiger charge is 2.03. The SMILES string of the molecule is Cl.NCCCCCCC(=O)Nc1ccc(OCC(N)=O)cc1. The lowest BCUT2D eigenvalue weighted by atomic mass is 10.1. The van der Waals surface area contributed by atoms with Crippen molar-refractivity contribution in [2.75, 3.05) is 18.5 Å². The molecule has 0 bridgehead atoms. The average Bonchev–Trinajstić information content (AvgIpc) is 2.46. The fraction of sp³-hybridized carbons (Fsp3) is 0.467. The molecule has 5 N–H and O–H groups in total. The van der Waals surface area contributed by atoms with Crippen molar-refractivity contribution >= 4 is 29.9 Å². The quantitative estimate of drug-likeness (QED) is 0.569. The Kier molecular flexibility index (Phi) is 10.9. The maximum atomic E-state index is 11.7. The number of ether oxygens (including phenoxy) is 1. The number of carbonyl (C=O) groups excluding carboxylic acids is 2. The Morgan fingerprint density at radius 2 is 1.68 bits per heavy atom. The van der Waals surface area contributed by atoms with Crippen molar-refractivity contribution in [2.45, 2.75) is 32.1 Å². The molecule has 0 saturated carbocycles. The summed E-state index contributed by atoms with van der Waals surface area (Å²) >= 11 is 0. The van der Waals surface area contributed by atoms with E-state index in [2.05, 4.69) is 5.32 Å². The summed E-state index contributed by atoms with van der Waals surface area (Å²) in [7, 11) is 0. The molecule has 0 aromatic heterocycles. The fourth-order valence-corrected chi connectivity index (χ4v) is 1.80. The molecule has 1 aromatic carbocycles. The number of benzene rings is 1. The standard InChI is InChI=1S/C15H23N3O3.ClH/c16-10-4-2-1-3-5-15(20)18-12-6-8-13(9-7-12)21-11-14(17)19;/h6-9H,1-5,10-11,16H2,(H2,17,19)(H,18,20);1H. The Morgan fingerprint density at radius 3 is 2.27 bits per heavy atom. The number of halogens is 1. The summed E-state index contributed by atoms with van der Waals surface area (Å²) in [6.07, 6.45) is 4.46. The Labute approximate surface area is 137 Å². The number of anilines is 1. The molecule has 0 heterocycles. The number of rotatable bonds is 10. The van der Waals surface area contributed by atoms with Gasteiger partial charge in [0.1, 0.15) is 5.75 Å². The van der Waals surface area contributed by atoms with Crippen molar-refractivity contribution < 1.29 is 14.3 Å². The minimum Gasteiger partial charge on any atom is -0.484 e. The first-order valence-electron chi connectivity index (χ1n) is 7.13. The molecule has 6 nitrogen and oxygen atoms in total. The summed E-state index contributed by atoms with van der Waals surface area (Å²) in [6, 6.07) is 6.81. The van der Waals surface area contributed by atoms with Gasteiger partial charge in [0.15, 0.2) is 6.61 Å². The first kappa shape index (κ1) is 20.2. The van der Waals surface area contributed by atoms with Crippen molar-refractivity contribution in [1.29, 1.82) is 0 Å². The number of unbranched alkanes of at least 4 members (excludes halogenated alkanes) is 3. The first-order valence-corrected chi connectivity index (χ1v) is 7.13. The number of amides is 2. The van der Waals surface area contributed by atoms with Crippen molar-refractivity contribution in [3.63, 3.8) is 0 Å². The van der Waals surface area contributed by atoms with E-state index in [1.54, 1.807) is 24.3 Å². The van der Waals surface area contributed by atoms with E-state index in [0.717, 1.165) is 25.7 Å². The molecule has 1 aromatic rings. The minimum atomic E-state index is -0.526. The largest absolute Gasteiger partial charge is 0.484 e. The number of nitrogens with one attached hydrogen (secondary N) is 1. The van der Waals surface area contributed by atoms with Crippen molar-refractivity contribution in [3.05, 3.63) is 24.3 Å². The maximum Gasteiger partial charge on any atom is 0.255 e. The van der Waals surface area contributed by atoms with E-state index in [1.807, 2.05) is 0 Å². The Hall–Kier alpha value is -1.79. The smallest absolute Gasteiger partial charge is 0.255 e. The third kappa shape index (κ3) is 9.20. The van der Waals surface area contributed by atoms with Crippen molar-refractivity contribution in [1.82, 2.24) is 0 Å². The molecule has 0 unspecified atom stereocenters. The van der Waals surface area contributed by atoms with E-state index in [1.165, 1.54) is 0 Å². The fourth-order valence-electron chi connectivity index (χ4n) is 1.80. The van der Waals surface area contributed by atoms with Crippen molar-refractivity contribution in [3.8, 4) is 5.75 Å². The van der Waals surface area contributed by atoms with E-state index in [-0.39, 0.29) is 24.9 Å². The molecular weight excluding hydrogens is 306 g/mol. The lowest BCUT2D eigenvalue weighted by Gasteiger charge is -2.07. The molecular formula is C15H24ClN3O3. The van der Waals surface area contributed by atoms with Crippen LogP contribution >= 0.6 is 12.4 Å². The van der Waals surface area contributed by atoms with Crippen molar-refractivity contribution in [2.24, 2.45) is 11.5 Å². The van der Waals surface area contributed by atoms with E-state index in [0.29, 0.717) is 24.4 Å². The predicted octanol–water partition coefficient (Wildman–Crippen LogP) is 1.82. The minimum absolute atomic E-state index is 0. The molecule has 0 saturated heterocycles. The molecule has 22 heavy (non-hydrogen) atoms. The van der Waals surface area contributed by atoms with Gasteiger partial charge >= 0.3 is 0 Å². The second kappa shape index (κ2) is 11.8. The third-order valence-electron chi connectivity index (χ3n) is 2.88. The van der Waals surface area contributed by atoms with Crippen LogP contribution in [0.25, 0.3) is 0 Å². The summed E-state index contributed by atoms with van der Waals surface area (Å²) in [5.74, 6) is 0.00384. The maximum absolute atomic E-state index is 11.7. The number of nitrogens with two attached hydrogens (primary N) is 2. The van der Waals surface area contributed by atoms with Crippen LogP contribution in [0.3, 0.4) is 0 Å². The van der Waals surface area contributed by atoms with Gasteiger partial charge in [-0.1, -0.05) is 12.8 Å². The van der Waals surface area contributed by atoms with Gasteiger partial charge in [-0.25, -0.2) is 0 Å². The normalized spacial score (nSPS) is 9.68. The monoisotopic (exact) mass is 329 g/mol. The number of carbonyl (C=O) groups is 2. The summed E-state index contributed by atoms with van der Waals surface area (Å²) in [4.78, 5) is 22.3. The molecule has 7 heteroatoms. The van der Waals surface area contributed by atoms with Gasteiger partial charge in [-0.15, -0.1) is 12.4 Å². The van der Waals surface area contributed by atoms with E-state index >= 15 is 0 Å². The van der Waals surface area contributed by atoms with Crippen LogP contribution in [0.15, 0.2) is 24.3 Å². The second-order valence-electron chi connectivity index (χ2n) is 4.78. The van der Waals surface area contributed by atoms with Gasteiger partial charge in [0.2, 0.25) is 5.91 Å². The predicted molar refractivity (Wildman–Crippen MR) is 89.1 cm³/mol.